The minimum absolute atomic E-state index is 0. The second-order valence-electron chi connectivity index (χ2n) is 4.24. The van der Waals surface area contributed by atoms with Crippen molar-refractivity contribution >= 4 is 22.4 Å². The van der Waals surface area contributed by atoms with E-state index in [4.69, 9.17) is 0 Å². The van der Waals surface area contributed by atoms with E-state index in [1.807, 2.05) is 0 Å². The van der Waals surface area contributed by atoms with Crippen LogP contribution in [-0.4, -0.2) is 38.9 Å². The van der Waals surface area contributed by atoms with Crippen molar-refractivity contribution in [3.8, 4) is 0 Å². The average Bonchev–Trinajstić information content (AvgIpc) is 2.84. The normalized spacial score (nSPS) is 19.5. The zero-order valence-electron chi connectivity index (χ0n) is 10.3. The van der Waals surface area contributed by atoms with Crippen molar-refractivity contribution in [2.24, 2.45) is 0 Å². The van der Waals surface area contributed by atoms with E-state index in [2.05, 4.69) is 5.32 Å². The van der Waals surface area contributed by atoms with Crippen molar-refractivity contribution < 1.29 is 17.2 Å². The number of hydrogen-bond acceptors (Lipinski definition) is 3. The summed E-state index contributed by atoms with van der Waals surface area (Å²) in [6, 6.07) is 2.20. The van der Waals surface area contributed by atoms with E-state index in [0.717, 1.165) is 23.0 Å². The number of rotatable bonds is 3. The summed E-state index contributed by atoms with van der Waals surface area (Å²) in [7, 11) is -2.61. The first-order valence-corrected chi connectivity index (χ1v) is 7.01. The van der Waals surface area contributed by atoms with E-state index < -0.39 is 26.6 Å². The molecule has 1 N–H and O–H groups in total. The molecule has 0 aromatic heterocycles. The number of nitrogens with one attached hydrogen (secondary N) is 1. The zero-order valence-corrected chi connectivity index (χ0v) is 11.9. The van der Waals surface area contributed by atoms with E-state index in [1.54, 1.807) is 0 Å². The Kier molecular flexibility index (Phi) is 5.26. The molecule has 1 atom stereocenters. The first-order chi connectivity index (χ1) is 8.43. The Bertz CT molecular complexity index is 548. The van der Waals surface area contributed by atoms with Crippen LogP contribution in [0, 0.1) is 11.6 Å². The molecule has 0 amide bonds. The predicted molar refractivity (Wildman–Crippen MR) is 69.8 cm³/mol. The third-order valence-corrected chi connectivity index (χ3v) is 5.02. The van der Waals surface area contributed by atoms with Crippen molar-refractivity contribution in [3.63, 3.8) is 0 Å². The van der Waals surface area contributed by atoms with Crippen molar-refractivity contribution in [2.75, 3.05) is 20.1 Å². The lowest BCUT2D eigenvalue weighted by molar-refractivity contribution is 0.384. The van der Waals surface area contributed by atoms with Crippen LogP contribution in [0.4, 0.5) is 8.78 Å². The highest BCUT2D eigenvalue weighted by molar-refractivity contribution is 7.89. The first-order valence-electron chi connectivity index (χ1n) is 5.57. The third kappa shape index (κ3) is 3.22. The lowest BCUT2D eigenvalue weighted by Gasteiger charge is -2.23. The van der Waals surface area contributed by atoms with Crippen LogP contribution in [0.1, 0.15) is 6.42 Å². The quantitative estimate of drug-likeness (QED) is 0.917. The summed E-state index contributed by atoms with van der Waals surface area (Å²) in [5.41, 5.74) is 0. The topological polar surface area (TPSA) is 49.4 Å². The molecule has 0 aliphatic carbocycles. The van der Waals surface area contributed by atoms with Crippen LogP contribution >= 0.6 is 12.4 Å². The summed E-state index contributed by atoms with van der Waals surface area (Å²) in [4.78, 5) is -0.614. The summed E-state index contributed by atoms with van der Waals surface area (Å²) >= 11 is 0. The second-order valence-corrected chi connectivity index (χ2v) is 6.21. The zero-order chi connectivity index (χ0) is 13.3. The highest BCUT2D eigenvalue weighted by Gasteiger charge is 2.32. The molecule has 0 saturated carbocycles. The Morgan fingerprint density at radius 1 is 1.37 bits per heavy atom. The fourth-order valence-corrected chi connectivity index (χ4v) is 3.43. The molecule has 0 spiro atoms. The van der Waals surface area contributed by atoms with Crippen LogP contribution in [0.15, 0.2) is 23.1 Å². The van der Waals surface area contributed by atoms with E-state index in [0.29, 0.717) is 19.0 Å². The third-order valence-electron chi connectivity index (χ3n) is 3.10. The molecular weight excluding hydrogens is 298 g/mol. The number of benzene rings is 1. The van der Waals surface area contributed by atoms with Gasteiger partial charge in [0.05, 0.1) is 0 Å². The molecule has 8 heteroatoms. The summed E-state index contributed by atoms with van der Waals surface area (Å²) in [6.45, 7) is 1.24. The van der Waals surface area contributed by atoms with Crippen molar-refractivity contribution in [1.29, 1.82) is 0 Å². The Hall–Kier alpha value is -0.760. The van der Waals surface area contributed by atoms with Gasteiger partial charge in [0.25, 0.3) is 0 Å². The predicted octanol–water partition coefficient (Wildman–Crippen LogP) is 1.37. The molecule has 1 aromatic rings. The van der Waals surface area contributed by atoms with E-state index in [-0.39, 0.29) is 18.4 Å². The van der Waals surface area contributed by atoms with Crippen molar-refractivity contribution in [1.82, 2.24) is 9.62 Å². The maximum atomic E-state index is 13.5. The number of hydrogen-bond donors (Lipinski definition) is 1. The number of nitrogens with zero attached hydrogens (tertiary/aromatic N) is 1. The highest BCUT2D eigenvalue weighted by atomic mass is 35.5. The van der Waals surface area contributed by atoms with Crippen LogP contribution < -0.4 is 5.32 Å². The van der Waals surface area contributed by atoms with Gasteiger partial charge in [0.1, 0.15) is 16.5 Å². The Labute approximate surface area is 117 Å². The molecule has 4 nitrogen and oxygen atoms in total. The van der Waals surface area contributed by atoms with Crippen molar-refractivity contribution in [2.45, 2.75) is 17.4 Å². The number of likely N-dealkylation sites (N-methyl/N-ethyl adjacent to an activating group) is 1. The van der Waals surface area contributed by atoms with Gasteiger partial charge in [-0.1, -0.05) is 0 Å². The van der Waals surface area contributed by atoms with E-state index in [1.165, 1.54) is 7.05 Å². The van der Waals surface area contributed by atoms with Gasteiger partial charge in [-0.3, -0.25) is 0 Å². The van der Waals surface area contributed by atoms with Crippen LogP contribution in [0.2, 0.25) is 0 Å². The molecule has 1 heterocycles. The number of sulfonamides is 1. The van der Waals surface area contributed by atoms with Crippen LogP contribution in [0.5, 0.6) is 0 Å². The molecule has 19 heavy (non-hydrogen) atoms. The lowest BCUT2D eigenvalue weighted by atomic mass is 10.3. The summed E-state index contributed by atoms with van der Waals surface area (Å²) in [5.74, 6) is -1.71. The lowest BCUT2D eigenvalue weighted by Crippen LogP contribution is -2.38. The fourth-order valence-electron chi connectivity index (χ4n) is 1.98. The van der Waals surface area contributed by atoms with Gasteiger partial charge in [0, 0.05) is 19.6 Å². The molecule has 1 unspecified atom stereocenters. The molecule has 1 fully saturated rings. The van der Waals surface area contributed by atoms with Gasteiger partial charge in [-0.05, 0) is 31.2 Å². The van der Waals surface area contributed by atoms with Gasteiger partial charge in [-0.25, -0.2) is 17.2 Å². The van der Waals surface area contributed by atoms with E-state index >= 15 is 0 Å². The van der Waals surface area contributed by atoms with Gasteiger partial charge >= 0.3 is 0 Å². The average molecular weight is 313 g/mol. The minimum atomic E-state index is -4.00. The maximum Gasteiger partial charge on any atom is 0.246 e. The Morgan fingerprint density at radius 3 is 2.63 bits per heavy atom. The van der Waals surface area contributed by atoms with Gasteiger partial charge < -0.3 is 5.32 Å². The largest absolute Gasteiger partial charge is 0.315 e. The molecule has 1 aliphatic heterocycles. The monoisotopic (exact) mass is 312 g/mol. The standard InChI is InChI=1S/C11H14F2N2O2S.ClH/c1-15(9-4-5-14-7-9)18(16,17)11-6-8(12)2-3-10(11)13;/h2-3,6,9,14H,4-5,7H2,1H3;1H. The van der Waals surface area contributed by atoms with Gasteiger partial charge in [-0.2, -0.15) is 4.31 Å². The summed E-state index contributed by atoms with van der Waals surface area (Å²) in [5, 5.41) is 3.03. The fraction of sp³-hybridized carbons (Fsp3) is 0.455. The van der Waals surface area contributed by atoms with Crippen LogP contribution in [0.3, 0.4) is 0 Å². The maximum absolute atomic E-state index is 13.5. The molecule has 0 radical (unpaired) electrons. The summed E-state index contributed by atoms with van der Waals surface area (Å²) < 4.78 is 52.1. The molecule has 108 valence electrons. The first kappa shape index (κ1) is 16.3. The molecule has 1 aliphatic rings. The smallest absolute Gasteiger partial charge is 0.246 e. The van der Waals surface area contributed by atoms with Gasteiger partial charge in [0.15, 0.2) is 0 Å². The highest BCUT2D eigenvalue weighted by Crippen LogP contribution is 2.22. The molecule has 1 saturated heterocycles. The molecular formula is C11H15ClF2N2O2S. The SMILES string of the molecule is CN(C1CCNC1)S(=O)(=O)c1cc(F)ccc1F.Cl. The Balaban J connectivity index is 0.00000180. The van der Waals surface area contributed by atoms with Crippen LogP contribution in [0.25, 0.3) is 0 Å². The Morgan fingerprint density at radius 2 is 2.05 bits per heavy atom. The van der Waals surface area contributed by atoms with E-state index in [9.17, 15) is 17.2 Å². The van der Waals surface area contributed by atoms with Crippen molar-refractivity contribution in [3.05, 3.63) is 29.8 Å². The van der Waals surface area contributed by atoms with Gasteiger partial charge in [0.2, 0.25) is 10.0 Å². The molecule has 1 aromatic carbocycles. The summed E-state index contributed by atoms with van der Waals surface area (Å²) in [6.07, 6.45) is 0.659. The van der Waals surface area contributed by atoms with Gasteiger partial charge in [-0.15, -0.1) is 12.4 Å². The second kappa shape index (κ2) is 6.13. The number of halogens is 3. The minimum Gasteiger partial charge on any atom is -0.315 e. The van der Waals surface area contributed by atoms with Crippen LogP contribution in [-0.2, 0) is 10.0 Å². The molecule has 0 bridgehead atoms. The molecule has 2 rings (SSSR count).